The highest BCUT2D eigenvalue weighted by molar-refractivity contribution is 7.89. The first kappa shape index (κ1) is 17.3. The van der Waals surface area contributed by atoms with Crippen LogP contribution in [0.1, 0.15) is 0 Å². The molecule has 0 radical (unpaired) electrons. The van der Waals surface area contributed by atoms with Crippen molar-refractivity contribution in [3.8, 4) is 0 Å². The van der Waals surface area contributed by atoms with Gasteiger partial charge in [-0.1, -0.05) is 36.4 Å². The van der Waals surface area contributed by atoms with Gasteiger partial charge in [-0.05, 0) is 11.5 Å². The largest absolute Gasteiger partial charge is 0.390 e. The lowest BCUT2D eigenvalue weighted by atomic mass is 10.1. The van der Waals surface area contributed by atoms with Gasteiger partial charge in [-0.3, -0.25) is 4.90 Å². The van der Waals surface area contributed by atoms with E-state index in [9.17, 15) is 13.5 Å². The van der Waals surface area contributed by atoms with Gasteiger partial charge in [-0.15, -0.1) is 0 Å². The number of aliphatic hydroxyl groups is 1. The zero-order valence-corrected chi connectivity index (χ0v) is 14.2. The Bertz CT molecular complexity index is 783. The standard InChI is InChI=1S/C17H22N2O4S/c20-15(13-19-8-10-23-11-9-19)12-18-24(21,22)17-7-3-5-14-4-1-2-6-16(14)17/h1-7,15,18,20H,8-13H2. The highest BCUT2D eigenvalue weighted by atomic mass is 32.2. The molecule has 0 amide bonds. The van der Waals surface area contributed by atoms with E-state index in [0.717, 1.165) is 18.5 Å². The first-order valence-electron chi connectivity index (χ1n) is 8.02. The van der Waals surface area contributed by atoms with Crippen molar-refractivity contribution in [3.05, 3.63) is 42.5 Å². The van der Waals surface area contributed by atoms with Crippen molar-refractivity contribution in [2.45, 2.75) is 11.0 Å². The van der Waals surface area contributed by atoms with Crippen molar-refractivity contribution >= 4 is 20.8 Å². The van der Waals surface area contributed by atoms with Gasteiger partial charge in [0.15, 0.2) is 0 Å². The highest BCUT2D eigenvalue weighted by Crippen LogP contribution is 2.22. The molecule has 1 atom stereocenters. The summed E-state index contributed by atoms with van der Waals surface area (Å²) in [6.07, 6.45) is -0.757. The highest BCUT2D eigenvalue weighted by Gasteiger charge is 2.20. The molecule has 1 aliphatic heterocycles. The molecule has 0 aliphatic carbocycles. The summed E-state index contributed by atoms with van der Waals surface area (Å²) in [6.45, 7) is 3.23. The Morgan fingerprint density at radius 3 is 2.62 bits per heavy atom. The third-order valence-corrected chi connectivity index (χ3v) is 5.60. The maximum absolute atomic E-state index is 12.6. The second-order valence-electron chi connectivity index (χ2n) is 5.90. The minimum absolute atomic E-state index is 0.0110. The molecule has 0 aromatic heterocycles. The smallest absolute Gasteiger partial charge is 0.241 e. The number of β-amino-alcohol motifs (C(OH)–C–C–N with tert-alkyl or cyclic N) is 1. The minimum Gasteiger partial charge on any atom is -0.390 e. The molecule has 1 saturated heterocycles. The van der Waals surface area contributed by atoms with Crippen LogP contribution in [0.2, 0.25) is 0 Å². The summed E-state index contributed by atoms with van der Waals surface area (Å²) < 4.78 is 33.0. The second kappa shape index (κ2) is 7.58. The topological polar surface area (TPSA) is 78.9 Å². The van der Waals surface area contributed by atoms with Gasteiger partial charge >= 0.3 is 0 Å². The SMILES string of the molecule is O=S(=O)(NCC(O)CN1CCOCC1)c1cccc2ccccc12. The fraction of sp³-hybridized carbons (Fsp3) is 0.412. The van der Waals surface area contributed by atoms with Crippen LogP contribution >= 0.6 is 0 Å². The average Bonchev–Trinajstić information content (AvgIpc) is 2.60. The van der Waals surface area contributed by atoms with Crippen LogP contribution in [-0.2, 0) is 14.8 Å². The van der Waals surface area contributed by atoms with E-state index in [1.807, 2.05) is 24.3 Å². The van der Waals surface area contributed by atoms with Crippen LogP contribution in [-0.4, -0.2) is 63.9 Å². The molecule has 130 valence electrons. The molecular formula is C17H22N2O4S. The molecular weight excluding hydrogens is 328 g/mol. The number of nitrogens with one attached hydrogen (secondary N) is 1. The van der Waals surface area contributed by atoms with E-state index >= 15 is 0 Å². The molecule has 2 N–H and O–H groups in total. The number of nitrogens with zero attached hydrogens (tertiary/aromatic N) is 1. The van der Waals surface area contributed by atoms with E-state index in [0.29, 0.717) is 25.1 Å². The van der Waals surface area contributed by atoms with E-state index in [-0.39, 0.29) is 11.4 Å². The zero-order chi connectivity index (χ0) is 17.0. The maximum Gasteiger partial charge on any atom is 0.241 e. The normalized spacial score (nSPS) is 17.9. The summed E-state index contributed by atoms with van der Waals surface area (Å²) >= 11 is 0. The third kappa shape index (κ3) is 4.12. The Balaban J connectivity index is 1.67. The number of ether oxygens (including phenoxy) is 1. The summed E-state index contributed by atoms with van der Waals surface area (Å²) in [5, 5.41) is 11.7. The van der Waals surface area contributed by atoms with E-state index in [1.165, 1.54) is 0 Å². The molecule has 1 heterocycles. The van der Waals surface area contributed by atoms with Crippen LogP contribution in [0.4, 0.5) is 0 Å². The van der Waals surface area contributed by atoms with Gasteiger partial charge in [0, 0.05) is 31.6 Å². The molecule has 3 rings (SSSR count). The van der Waals surface area contributed by atoms with Crippen LogP contribution in [0.5, 0.6) is 0 Å². The monoisotopic (exact) mass is 350 g/mol. The summed E-state index contributed by atoms with van der Waals surface area (Å²) in [6, 6.07) is 12.5. The van der Waals surface area contributed by atoms with Crippen LogP contribution in [0, 0.1) is 0 Å². The molecule has 0 spiro atoms. The third-order valence-electron chi connectivity index (χ3n) is 4.12. The fourth-order valence-electron chi connectivity index (χ4n) is 2.86. The molecule has 1 aliphatic rings. The number of hydrogen-bond acceptors (Lipinski definition) is 5. The van der Waals surface area contributed by atoms with Gasteiger partial charge in [0.05, 0.1) is 24.2 Å². The van der Waals surface area contributed by atoms with Gasteiger partial charge in [-0.25, -0.2) is 13.1 Å². The Labute approximate surface area is 142 Å². The van der Waals surface area contributed by atoms with Gasteiger partial charge < -0.3 is 9.84 Å². The van der Waals surface area contributed by atoms with Crippen molar-refractivity contribution < 1.29 is 18.3 Å². The molecule has 2 aromatic carbocycles. The van der Waals surface area contributed by atoms with Crippen LogP contribution in [0.3, 0.4) is 0 Å². The van der Waals surface area contributed by atoms with Crippen molar-refractivity contribution in [3.63, 3.8) is 0 Å². The number of rotatable bonds is 6. The number of fused-ring (bicyclic) bond motifs is 1. The van der Waals surface area contributed by atoms with Crippen LogP contribution < -0.4 is 4.72 Å². The zero-order valence-electron chi connectivity index (χ0n) is 13.4. The first-order chi connectivity index (χ1) is 11.6. The van der Waals surface area contributed by atoms with E-state index in [2.05, 4.69) is 9.62 Å². The predicted molar refractivity (Wildman–Crippen MR) is 92.4 cm³/mol. The predicted octanol–water partition coefficient (Wildman–Crippen LogP) is 0.811. The van der Waals surface area contributed by atoms with Gasteiger partial charge in [0.1, 0.15) is 0 Å². The van der Waals surface area contributed by atoms with Crippen LogP contribution in [0.15, 0.2) is 47.4 Å². The fourth-order valence-corrected chi connectivity index (χ4v) is 4.16. The first-order valence-corrected chi connectivity index (χ1v) is 9.50. The number of morpholine rings is 1. The molecule has 0 saturated carbocycles. The van der Waals surface area contributed by atoms with Crippen molar-refractivity contribution in [1.29, 1.82) is 0 Å². The Morgan fingerprint density at radius 2 is 1.83 bits per heavy atom. The molecule has 6 nitrogen and oxygen atoms in total. The lowest BCUT2D eigenvalue weighted by molar-refractivity contribution is 0.0158. The second-order valence-corrected chi connectivity index (χ2v) is 7.63. The Kier molecular flexibility index (Phi) is 5.47. The summed E-state index contributed by atoms with van der Waals surface area (Å²) in [5.41, 5.74) is 0. The Hall–Kier alpha value is -1.51. The van der Waals surface area contributed by atoms with E-state index in [1.54, 1.807) is 18.2 Å². The van der Waals surface area contributed by atoms with Gasteiger partial charge in [0.25, 0.3) is 0 Å². The van der Waals surface area contributed by atoms with Crippen molar-refractivity contribution in [2.24, 2.45) is 0 Å². The molecule has 0 bridgehead atoms. The number of benzene rings is 2. The van der Waals surface area contributed by atoms with Crippen molar-refractivity contribution in [2.75, 3.05) is 39.4 Å². The number of sulfonamides is 1. The summed E-state index contributed by atoms with van der Waals surface area (Å²) in [7, 11) is -3.68. The summed E-state index contributed by atoms with van der Waals surface area (Å²) in [5.74, 6) is 0. The van der Waals surface area contributed by atoms with E-state index in [4.69, 9.17) is 4.74 Å². The van der Waals surface area contributed by atoms with E-state index < -0.39 is 16.1 Å². The lowest BCUT2D eigenvalue weighted by Crippen LogP contribution is -2.44. The molecule has 1 fully saturated rings. The number of aliphatic hydroxyl groups excluding tert-OH is 1. The number of hydrogen-bond donors (Lipinski definition) is 2. The quantitative estimate of drug-likeness (QED) is 0.806. The Morgan fingerprint density at radius 1 is 1.12 bits per heavy atom. The minimum atomic E-state index is -3.68. The molecule has 1 unspecified atom stereocenters. The maximum atomic E-state index is 12.6. The summed E-state index contributed by atoms with van der Waals surface area (Å²) in [4.78, 5) is 2.31. The molecule has 7 heteroatoms. The molecule has 24 heavy (non-hydrogen) atoms. The van der Waals surface area contributed by atoms with Gasteiger partial charge in [0.2, 0.25) is 10.0 Å². The lowest BCUT2D eigenvalue weighted by Gasteiger charge is -2.28. The van der Waals surface area contributed by atoms with Gasteiger partial charge in [-0.2, -0.15) is 0 Å². The van der Waals surface area contributed by atoms with Crippen molar-refractivity contribution in [1.82, 2.24) is 9.62 Å². The van der Waals surface area contributed by atoms with Crippen LogP contribution in [0.25, 0.3) is 10.8 Å². The average molecular weight is 350 g/mol. The molecule has 2 aromatic rings.